The van der Waals surface area contributed by atoms with Crippen LogP contribution in [0.3, 0.4) is 0 Å². The van der Waals surface area contributed by atoms with Crippen LogP contribution >= 0.6 is 0 Å². The molecule has 1 rings (SSSR count). The van der Waals surface area contributed by atoms with Crippen LogP contribution in [0, 0.1) is 0 Å². The highest BCUT2D eigenvalue weighted by atomic mass is 19.3. The van der Waals surface area contributed by atoms with Crippen molar-refractivity contribution in [3.8, 4) is 0 Å². The zero-order valence-electron chi connectivity index (χ0n) is 7.58. The van der Waals surface area contributed by atoms with Gasteiger partial charge in [0, 0.05) is 18.4 Å². The number of hydrogen-bond donors (Lipinski definition) is 1. The first kappa shape index (κ1) is 10.2. The van der Waals surface area contributed by atoms with Crippen LogP contribution in [0.5, 0.6) is 0 Å². The summed E-state index contributed by atoms with van der Waals surface area (Å²) in [6.45, 7) is -0.452. The largest absolute Gasteiger partial charge is 0.324 e. The second kappa shape index (κ2) is 4.37. The van der Waals surface area contributed by atoms with Crippen molar-refractivity contribution < 1.29 is 8.78 Å². The molecule has 0 aromatic carbocycles. The summed E-state index contributed by atoms with van der Waals surface area (Å²) in [6.07, 6.45) is 4.55. The van der Waals surface area contributed by atoms with Crippen LogP contribution in [0.1, 0.15) is 37.9 Å². The highest BCUT2D eigenvalue weighted by molar-refractivity contribution is 5.14. The minimum atomic E-state index is -2.47. The molecular weight excluding hydrogens is 174 g/mol. The molecule has 0 aliphatic carbocycles. The van der Waals surface area contributed by atoms with Crippen molar-refractivity contribution in [2.45, 2.75) is 32.4 Å². The van der Waals surface area contributed by atoms with E-state index in [0.29, 0.717) is 0 Å². The van der Waals surface area contributed by atoms with Gasteiger partial charge >= 0.3 is 6.55 Å². The third kappa shape index (κ3) is 2.52. The van der Waals surface area contributed by atoms with E-state index in [1.54, 1.807) is 6.07 Å². The molecule has 0 amide bonds. The summed E-state index contributed by atoms with van der Waals surface area (Å²) in [6, 6.07) is 1.52. The standard InChI is InChI=1S/C9H14F2N2/c1-2-3-8(12)7-4-5-13(6-7)9(10)11/h4-6,8-9H,2-3,12H2,1H3. The van der Waals surface area contributed by atoms with Crippen LogP contribution in [0.4, 0.5) is 8.78 Å². The lowest BCUT2D eigenvalue weighted by Crippen LogP contribution is -2.08. The molecule has 1 atom stereocenters. The lowest BCUT2D eigenvalue weighted by atomic mass is 10.1. The van der Waals surface area contributed by atoms with Crippen molar-refractivity contribution >= 4 is 0 Å². The Morgan fingerprint density at radius 3 is 2.69 bits per heavy atom. The van der Waals surface area contributed by atoms with E-state index >= 15 is 0 Å². The fourth-order valence-corrected chi connectivity index (χ4v) is 1.25. The third-order valence-electron chi connectivity index (χ3n) is 1.99. The Morgan fingerprint density at radius 2 is 2.23 bits per heavy atom. The highest BCUT2D eigenvalue weighted by Crippen LogP contribution is 2.19. The van der Waals surface area contributed by atoms with Crippen molar-refractivity contribution in [1.82, 2.24) is 4.57 Å². The molecule has 1 aromatic rings. The van der Waals surface area contributed by atoms with Crippen LogP contribution in [0.2, 0.25) is 0 Å². The number of hydrogen-bond acceptors (Lipinski definition) is 1. The highest BCUT2D eigenvalue weighted by Gasteiger charge is 2.09. The monoisotopic (exact) mass is 188 g/mol. The first-order chi connectivity index (χ1) is 6.15. The predicted molar refractivity (Wildman–Crippen MR) is 47.5 cm³/mol. The predicted octanol–water partition coefficient (Wildman–Crippen LogP) is 2.68. The van der Waals surface area contributed by atoms with Gasteiger partial charge in [0.25, 0.3) is 0 Å². The van der Waals surface area contributed by atoms with Crippen LogP contribution in [0.15, 0.2) is 18.5 Å². The molecule has 0 radical (unpaired) electrons. The Kier molecular flexibility index (Phi) is 3.42. The molecule has 0 bridgehead atoms. The molecule has 0 saturated heterocycles. The van der Waals surface area contributed by atoms with Gasteiger partial charge in [-0.05, 0) is 18.1 Å². The zero-order valence-corrected chi connectivity index (χ0v) is 7.58. The molecule has 2 N–H and O–H groups in total. The van der Waals surface area contributed by atoms with E-state index in [1.807, 2.05) is 6.92 Å². The SMILES string of the molecule is CCCC(N)c1ccn(C(F)F)c1. The molecule has 1 heterocycles. The molecular formula is C9H14F2N2. The Bertz CT molecular complexity index is 258. The number of nitrogens with zero attached hydrogens (tertiary/aromatic N) is 1. The lowest BCUT2D eigenvalue weighted by molar-refractivity contribution is 0.0705. The summed E-state index contributed by atoms with van der Waals surface area (Å²) in [4.78, 5) is 0. The van der Waals surface area contributed by atoms with Gasteiger partial charge in [0.1, 0.15) is 0 Å². The van der Waals surface area contributed by atoms with Gasteiger partial charge < -0.3 is 5.73 Å². The van der Waals surface area contributed by atoms with Gasteiger partial charge in [-0.15, -0.1) is 0 Å². The van der Waals surface area contributed by atoms with Crippen molar-refractivity contribution in [2.24, 2.45) is 5.73 Å². The summed E-state index contributed by atoms with van der Waals surface area (Å²) in [5, 5.41) is 0. The molecule has 0 spiro atoms. The number of aromatic nitrogens is 1. The van der Waals surface area contributed by atoms with Crippen LogP contribution < -0.4 is 5.73 Å². The number of halogens is 2. The molecule has 4 heteroatoms. The van der Waals surface area contributed by atoms with Gasteiger partial charge in [0.2, 0.25) is 0 Å². The number of alkyl halides is 2. The summed E-state index contributed by atoms with van der Waals surface area (Å²) in [7, 11) is 0. The van der Waals surface area contributed by atoms with Crippen molar-refractivity contribution in [2.75, 3.05) is 0 Å². The summed E-state index contributed by atoms with van der Waals surface area (Å²) >= 11 is 0. The van der Waals surface area contributed by atoms with Gasteiger partial charge in [0.05, 0.1) is 0 Å². The maximum absolute atomic E-state index is 12.2. The molecule has 1 aromatic heterocycles. The van der Waals surface area contributed by atoms with E-state index in [-0.39, 0.29) is 6.04 Å². The van der Waals surface area contributed by atoms with E-state index < -0.39 is 6.55 Å². The summed E-state index contributed by atoms with van der Waals surface area (Å²) in [5.74, 6) is 0. The Labute approximate surface area is 76.3 Å². The van der Waals surface area contributed by atoms with Crippen molar-refractivity contribution in [3.63, 3.8) is 0 Å². The maximum Gasteiger partial charge on any atom is 0.318 e. The van der Waals surface area contributed by atoms with E-state index in [1.165, 1.54) is 12.4 Å². The fraction of sp³-hybridized carbons (Fsp3) is 0.556. The quantitative estimate of drug-likeness (QED) is 0.773. The topological polar surface area (TPSA) is 30.9 Å². The van der Waals surface area contributed by atoms with E-state index in [0.717, 1.165) is 23.0 Å². The minimum Gasteiger partial charge on any atom is -0.324 e. The molecule has 13 heavy (non-hydrogen) atoms. The fourth-order valence-electron chi connectivity index (χ4n) is 1.25. The van der Waals surface area contributed by atoms with E-state index in [2.05, 4.69) is 0 Å². The Balaban J connectivity index is 2.67. The Hall–Kier alpha value is -0.900. The third-order valence-corrected chi connectivity index (χ3v) is 1.99. The van der Waals surface area contributed by atoms with Gasteiger partial charge in [0.15, 0.2) is 0 Å². The second-order valence-electron chi connectivity index (χ2n) is 3.06. The molecule has 74 valence electrons. The number of rotatable bonds is 4. The van der Waals surface area contributed by atoms with Gasteiger partial charge in [-0.3, -0.25) is 4.57 Å². The molecule has 0 aliphatic heterocycles. The van der Waals surface area contributed by atoms with E-state index in [4.69, 9.17) is 5.73 Å². The lowest BCUT2D eigenvalue weighted by Gasteiger charge is -2.07. The summed E-state index contributed by atoms with van der Waals surface area (Å²) < 4.78 is 25.2. The average Bonchev–Trinajstić information content (AvgIpc) is 2.52. The smallest absolute Gasteiger partial charge is 0.318 e. The molecule has 0 fully saturated rings. The molecule has 0 saturated carbocycles. The first-order valence-corrected chi connectivity index (χ1v) is 4.36. The molecule has 2 nitrogen and oxygen atoms in total. The normalized spacial score (nSPS) is 13.6. The van der Waals surface area contributed by atoms with Gasteiger partial charge in [-0.25, -0.2) is 0 Å². The Morgan fingerprint density at radius 1 is 1.54 bits per heavy atom. The van der Waals surface area contributed by atoms with E-state index in [9.17, 15) is 8.78 Å². The maximum atomic E-state index is 12.2. The van der Waals surface area contributed by atoms with Crippen LogP contribution in [0.25, 0.3) is 0 Å². The summed E-state index contributed by atoms with van der Waals surface area (Å²) in [5.41, 5.74) is 6.54. The van der Waals surface area contributed by atoms with Crippen LogP contribution in [-0.2, 0) is 0 Å². The van der Waals surface area contributed by atoms with Crippen molar-refractivity contribution in [3.05, 3.63) is 24.0 Å². The second-order valence-corrected chi connectivity index (χ2v) is 3.06. The molecule has 0 aliphatic rings. The van der Waals surface area contributed by atoms with Gasteiger partial charge in [-0.1, -0.05) is 13.3 Å². The average molecular weight is 188 g/mol. The first-order valence-electron chi connectivity index (χ1n) is 4.36. The molecule has 1 unspecified atom stereocenters. The zero-order chi connectivity index (χ0) is 9.84. The van der Waals surface area contributed by atoms with Crippen LogP contribution in [-0.4, -0.2) is 4.57 Å². The van der Waals surface area contributed by atoms with Crippen molar-refractivity contribution in [1.29, 1.82) is 0 Å². The minimum absolute atomic E-state index is 0.120. The van der Waals surface area contributed by atoms with Gasteiger partial charge in [-0.2, -0.15) is 8.78 Å². The number of nitrogens with two attached hydrogens (primary N) is 1.